The largest absolute Gasteiger partial charge is 0.444 e. The second-order valence-electron chi connectivity index (χ2n) is 6.85. The first-order valence-electron chi connectivity index (χ1n) is 7.76. The van der Waals surface area contributed by atoms with E-state index in [-0.39, 0.29) is 6.09 Å². The van der Waals surface area contributed by atoms with Gasteiger partial charge in [-0.25, -0.2) is 4.79 Å². The van der Waals surface area contributed by atoms with Crippen LogP contribution in [0.15, 0.2) is 30.3 Å². The molecule has 0 bridgehead atoms. The Morgan fingerprint density at radius 1 is 1.30 bits per heavy atom. The molecular weight excluding hydrogens is 312 g/mol. The number of amides is 1. The van der Waals surface area contributed by atoms with E-state index in [1.165, 1.54) is 5.69 Å². The van der Waals surface area contributed by atoms with E-state index in [0.29, 0.717) is 18.1 Å². The number of carbonyl (C=O) groups excluding carboxylic acids is 1. The number of ether oxygens (including phenoxy) is 1. The van der Waals surface area contributed by atoms with Gasteiger partial charge in [0.1, 0.15) is 5.60 Å². The monoisotopic (exact) mass is 332 g/mol. The van der Waals surface area contributed by atoms with E-state index in [0.717, 1.165) is 23.2 Å². The smallest absolute Gasteiger partial charge is 0.410 e. The van der Waals surface area contributed by atoms with Crippen LogP contribution >= 0.6 is 11.6 Å². The zero-order chi connectivity index (χ0) is 16.6. The summed E-state index contributed by atoms with van der Waals surface area (Å²) in [7, 11) is 0. The fourth-order valence-electron chi connectivity index (χ4n) is 2.73. The molecular formula is C18H21ClN2O2. The minimum Gasteiger partial charge on any atom is -0.444 e. The molecule has 0 radical (unpaired) electrons. The SMILES string of the molecule is CC(C)(C)OC(=O)N1CCc2[nH]c(-c3cccc(Cl)c3)cc2C1. The molecule has 0 saturated carbocycles. The summed E-state index contributed by atoms with van der Waals surface area (Å²) in [6, 6.07) is 9.85. The summed E-state index contributed by atoms with van der Waals surface area (Å²) >= 11 is 6.06. The van der Waals surface area contributed by atoms with Gasteiger partial charge < -0.3 is 14.6 Å². The van der Waals surface area contributed by atoms with Crippen LogP contribution in [-0.4, -0.2) is 28.1 Å². The molecule has 1 aliphatic rings. The van der Waals surface area contributed by atoms with Crippen molar-refractivity contribution in [2.75, 3.05) is 6.54 Å². The van der Waals surface area contributed by atoms with Crippen molar-refractivity contribution in [2.24, 2.45) is 0 Å². The number of aromatic amines is 1. The van der Waals surface area contributed by atoms with Gasteiger partial charge in [0.05, 0.1) is 6.54 Å². The van der Waals surface area contributed by atoms with Gasteiger partial charge in [-0.1, -0.05) is 23.7 Å². The molecule has 5 heteroatoms. The number of halogens is 1. The third kappa shape index (κ3) is 3.70. The molecule has 0 saturated heterocycles. The van der Waals surface area contributed by atoms with Crippen molar-refractivity contribution in [3.8, 4) is 11.3 Å². The van der Waals surface area contributed by atoms with Gasteiger partial charge in [0.25, 0.3) is 0 Å². The Kier molecular flexibility index (Phi) is 4.11. The molecule has 1 aromatic heterocycles. The topological polar surface area (TPSA) is 45.3 Å². The second-order valence-corrected chi connectivity index (χ2v) is 7.29. The summed E-state index contributed by atoms with van der Waals surface area (Å²) in [6.45, 7) is 6.88. The first kappa shape index (κ1) is 15.9. The maximum atomic E-state index is 12.2. The third-order valence-electron chi connectivity index (χ3n) is 3.77. The lowest BCUT2D eigenvalue weighted by Gasteiger charge is -2.29. The van der Waals surface area contributed by atoms with E-state index in [4.69, 9.17) is 16.3 Å². The van der Waals surface area contributed by atoms with Crippen LogP contribution in [0, 0.1) is 0 Å². The molecule has 1 aromatic carbocycles. The summed E-state index contributed by atoms with van der Waals surface area (Å²) < 4.78 is 5.46. The molecule has 2 aromatic rings. The van der Waals surface area contributed by atoms with Gasteiger partial charge in [-0.05, 0) is 50.1 Å². The molecule has 3 rings (SSSR count). The van der Waals surface area contributed by atoms with Crippen molar-refractivity contribution in [2.45, 2.75) is 39.3 Å². The number of nitrogens with one attached hydrogen (secondary N) is 1. The normalized spacial score (nSPS) is 14.5. The molecule has 1 amide bonds. The summed E-state index contributed by atoms with van der Waals surface area (Å²) in [5.74, 6) is 0. The van der Waals surface area contributed by atoms with Crippen LogP contribution in [0.1, 0.15) is 32.0 Å². The molecule has 0 atom stereocenters. The van der Waals surface area contributed by atoms with Crippen LogP contribution in [0.2, 0.25) is 5.02 Å². The quantitative estimate of drug-likeness (QED) is 0.827. The van der Waals surface area contributed by atoms with Crippen molar-refractivity contribution in [3.63, 3.8) is 0 Å². The third-order valence-corrected chi connectivity index (χ3v) is 4.01. The predicted molar refractivity (Wildman–Crippen MR) is 91.6 cm³/mol. The van der Waals surface area contributed by atoms with Gasteiger partial charge in [0.2, 0.25) is 0 Å². The van der Waals surface area contributed by atoms with Crippen molar-refractivity contribution < 1.29 is 9.53 Å². The fraction of sp³-hybridized carbons (Fsp3) is 0.389. The van der Waals surface area contributed by atoms with Crippen molar-refractivity contribution in [3.05, 3.63) is 46.6 Å². The number of hydrogen-bond acceptors (Lipinski definition) is 2. The van der Waals surface area contributed by atoms with Crippen molar-refractivity contribution in [1.29, 1.82) is 0 Å². The molecule has 1 N–H and O–H groups in total. The molecule has 4 nitrogen and oxygen atoms in total. The number of carbonyl (C=O) groups is 1. The Balaban J connectivity index is 1.78. The average molecular weight is 333 g/mol. The van der Waals surface area contributed by atoms with Crippen LogP contribution in [0.4, 0.5) is 4.79 Å². The number of benzene rings is 1. The zero-order valence-corrected chi connectivity index (χ0v) is 14.4. The maximum absolute atomic E-state index is 12.2. The van der Waals surface area contributed by atoms with Crippen LogP contribution in [0.3, 0.4) is 0 Å². The standard InChI is InChI=1S/C18H21ClN2O2/c1-18(2,3)23-17(22)21-8-7-15-13(11-21)10-16(20-15)12-5-4-6-14(19)9-12/h4-6,9-10,20H,7-8,11H2,1-3H3. The minimum atomic E-state index is -0.471. The summed E-state index contributed by atoms with van der Waals surface area (Å²) in [4.78, 5) is 17.4. The lowest BCUT2D eigenvalue weighted by atomic mass is 10.1. The highest BCUT2D eigenvalue weighted by Gasteiger charge is 2.26. The van der Waals surface area contributed by atoms with Crippen LogP contribution in [-0.2, 0) is 17.7 Å². The van der Waals surface area contributed by atoms with Crippen molar-refractivity contribution in [1.82, 2.24) is 9.88 Å². The van der Waals surface area contributed by atoms with E-state index in [2.05, 4.69) is 11.1 Å². The molecule has 0 fully saturated rings. The maximum Gasteiger partial charge on any atom is 0.410 e. The van der Waals surface area contributed by atoms with Gasteiger partial charge in [-0.2, -0.15) is 0 Å². The van der Waals surface area contributed by atoms with E-state index < -0.39 is 5.60 Å². The van der Waals surface area contributed by atoms with Crippen LogP contribution in [0.25, 0.3) is 11.3 Å². The Labute approximate surface area is 141 Å². The molecule has 0 aliphatic carbocycles. The zero-order valence-electron chi connectivity index (χ0n) is 13.6. The lowest BCUT2D eigenvalue weighted by molar-refractivity contribution is 0.0223. The van der Waals surface area contributed by atoms with Gasteiger partial charge in [0.15, 0.2) is 0 Å². The van der Waals surface area contributed by atoms with Crippen molar-refractivity contribution >= 4 is 17.7 Å². The van der Waals surface area contributed by atoms with Crippen LogP contribution in [0.5, 0.6) is 0 Å². The number of rotatable bonds is 1. The highest BCUT2D eigenvalue weighted by atomic mass is 35.5. The Morgan fingerprint density at radius 3 is 2.78 bits per heavy atom. The number of nitrogens with zero attached hydrogens (tertiary/aromatic N) is 1. The Bertz CT molecular complexity index is 731. The van der Waals surface area contributed by atoms with Gasteiger partial charge in [0, 0.05) is 29.4 Å². The fourth-order valence-corrected chi connectivity index (χ4v) is 2.92. The summed E-state index contributed by atoms with van der Waals surface area (Å²) in [5.41, 5.74) is 3.93. The van der Waals surface area contributed by atoms with E-state index >= 15 is 0 Å². The van der Waals surface area contributed by atoms with E-state index in [1.54, 1.807) is 4.90 Å². The number of H-pyrrole nitrogens is 1. The summed E-state index contributed by atoms with van der Waals surface area (Å²) in [6.07, 6.45) is 0.545. The molecule has 1 aliphatic heterocycles. The van der Waals surface area contributed by atoms with Gasteiger partial charge in [-0.3, -0.25) is 0 Å². The Morgan fingerprint density at radius 2 is 2.09 bits per heavy atom. The summed E-state index contributed by atoms with van der Waals surface area (Å²) in [5, 5.41) is 0.713. The molecule has 23 heavy (non-hydrogen) atoms. The predicted octanol–water partition coefficient (Wildman–Crippen LogP) is 4.63. The number of aromatic nitrogens is 1. The molecule has 0 spiro atoms. The first-order chi connectivity index (χ1) is 10.8. The van der Waals surface area contributed by atoms with E-state index in [9.17, 15) is 4.79 Å². The number of hydrogen-bond donors (Lipinski definition) is 1. The Hall–Kier alpha value is -1.94. The first-order valence-corrected chi connectivity index (χ1v) is 8.14. The van der Waals surface area contributed by atoms with Gasteiger partial charge >= 0.3 is 6.09 Å². The molecule has 0 unspecified atom stereocenters. The van der Waals surface area contributed by atoms with Crippen LogP contribution < -0.4 is 0 Å². The van der Waals surface area contributed by atoms with Gasteiger partial charge in [-0.15, -0.1) is 0 Å². The lowest BCUT2D eigenvalue weighted by Crippen LogP contribution is -2.39. The highest BCUT2D eigenvalue weighted by Crippen LogP contribution is 2.28. The molecule has 122 valence electrons. The second kappa shape index (κ2) is 5.93. The minimum absolute atomic E-state index is 0.256. The number of fused-ring (bicyclic) bond motifs is 1. The average Bonchev–Trinajstić information content (AvgIpc) is 2.88. The highest BCUT2D eigenvalue weighted by molar-refractivity contribution is 6.30. The molecule has 2 heterocycles. The van der Waals surface area contributed by atoms with E-state index in [1.807, 2.05) is 45.0 Å².